The Morgan fingerprint density at radius 1 is 1.19 bits per heavy atom. The highest BCUT2D eigenvalue weighted by atomic mass is 15.3. The largest absolute Gasteiger partial charge is 0.312 e. The number of nitrogens with zero attached hydrogens (tertiary/aromatic N) is 2. The summed E-state index contributed by atoms with van der Waals surface area (Å²) in [5.41, 5.74) is 5.63. The highest BCUT2D eigenvalue weighted by molar-refractivity contribution is 5.33. The molecule has 3 heteroatoms. The number of fused-ring (bicyclic) bond motifs is 1. The van der Waals surface area contributed by atoms with Gasteiger partial charge in [0.2, 0.25) is 0 Å². The van der Waals surface area contributed by atoms with E-state index in [1.807, 2.05) is 0 Å². The van der Waals surface area contributed by atoms with Gasteiger partial charge in [-0.3, -0.25) is 4.68 Å². The van der Waals surface area contributed by atoms with Crippen molar-refractivity contribution in [1.29, 1.82) is 0 Å². The number of nitrogens with one attached hydrogen (secondary N) is 1. The molecule has 0 aliphatic carbocycles. The maximum absolute atomic E-state index is 4.95. The topological polar surface area (TPSA) is 29.9 Å². The van der Waals surface area contributed by atoms with Gasteiger partial charge in [-0.1, -0.05) is 51.1 Å². The zero-order valence-electron chi connectivity index (χ0n) is 13.3. The van der Waals surface area contributed by atoms with E-state index in [-0.39, 0.29) is 5.41 Å². The Balaban J connectivity index is 1.87. The second-order valence-corrected chi connectivity index (χ2v) is 6.91. The lowest BCUT2D eigenvalue weighted by molar-refractivity contribution is 0.524. The third kappa shape index (κ3) is 3.03. The number of benzene rings is 1. The number of hydrogen-bond donors (Lipinski definition) is 1. The van der Waals surface area contributed by atoms with Gasteiger partial charge >= 0.3 is 0 Å². The second kappa shape index (κ2) is 5.64. The Labute approximate surface area is 127 Å². The van der Waals surface area contributed by atoms with Crippen LogP contribution in [0.2, 0.25) is 0 Å². The van der Waals surface area contributed by atoms with Gasteiger partial charge < -0.3 is 5.32 Å². The molecule has 3 nitrogen and oxygen atoms in total. The van der Waals surface area contributed by atoms with Crippen molar-refractivity contribution in [1.82, 2.24) is 15.1 Å². The fraction of sp³-hybridized carbons (Fsp3) is 0.500. The van der Waals surface area contributed by atoms with Crippen LogP contribution in [0.4, 0.5) is 0 Å². The van der Waals surface area contributed by atoms with E-state index in [0.717, 1.165) is 32.5 Å². The molecule has 0 spiro atoms. The number of rotatable bonds is 3. The van der Waals surface area contributed by atoms with Crippen molar-refractivity contribution < 1.29 is 0 Å². The van der Waals surface area contributed by atoms with Gasteiger partial charge in [-0.15, -0.1) is 0 Å². The zero-order valence-corrected chi connectivity index (χ0v) is 13.3. The Morgan fingerprint density at radius 2 is 1.95 bits per heavy atom. The van der Waals surface area contributed by atoms with E-state index >= 15 is 0 Å². The first-order chi connectivity index (χ1) is 10.1. The summed E-state index contributed by atoms with van der Waals surface area (Å²) in [5.74, 6) is 0. The molecule has 2 heterocycles. The summed E-state index contributed by atoms with van der Waals surface area (Å²) >= 11 is 0. The standard InChI is InChI=1S/C18H25N3/c1-18(2,3)17-15-13-19-11-9-16(15)21(20-17)12-10-14-7-5-4-6-8-14/h4-8,19H,9-13H2,1-3H3. The molecule has 1 N–H and O–H groups in total. The van der Waals surface area contributed by atoms with Gasteiger partial charge in [0.05, 0.1) is 5.69 Å². The molecule has 112 valence electrons. The molecule has 0 radical (unpaired) electrons. The highest BCUT2D eigenvalue weighted by Crippen LogP contribution is 2.29. The summed E-state index contributed by atoms with van der Waals surface area (Å²) in [5, 5.41) is 8.44. The first-order valence-corrected chi connectivity index (χ1v) is 7.89. The summed E-state index contributed by atoms with van der Waals surface area (Å²) < 4.78 is 2.25. The van der Waals surface area contributed by atoms with Crippen LogP contribution in [-0.2, 0) is 31.3 Å². The first kappa shape index (κ1) is 14.3. The predicted octanol–water partition coefficient (Wildman–Crippen LogP) is 3.07. The fourth-order valence-electron chi connectivity index (χ4n) is 3.09. The maximum atomic E-state index is 4.95. The van der Waals surface area contributed by atoms with Crippen LogP contribution >= 0.6 is 0 Å². The summed E-state index contributed by atoms with van der Waals surface area (Å²) in [7, 11) is 0. The molecule has 0 saturated carbocycles. The molecular weight excluding hydrogens is 258 g/mol. The van der Waals surface area contributed by atoms with E-state index in [1.165, 1.54) is 22.5 Å². The van der Waals surface area contributed by atoms with Crippen molar-refractivity contribution >= 4 is 0 Å². The Kier molecular flexibility index (Phi) is 3.85. The van der Waals surface area contributed by atoms with E-state index in [1.54, 1.807) is 0 Å². The van der Waals surface area contributed by atoms with Crippen LogP contribution in [0.1, 0.15) is 43.3 Å². The van der Waals surface area contributed by atoms with Gasteiger partial charge in [0, 0.05) is 42.7 Å². The molecule has 2 aromatic rings. The Morgan fingerprint density at radius 3 is 2.67 bits per heavy atom. The van der Waals surface area contributed by atoms with E-state index in [9.17, 15) is 0 Å². The molecule has 1 aromatic carbocycles. The molecule has 21 heavy (non-hydrogen) atoms. The first-order valence-electron chi connectivity index (χ1n) is 7.89. The van der Waals surface area contributed by atoms with Crippen molar-refractivity contribution in [3.63, 3.8) is 0 Å². The van der Waals surface area contributed by atoms with Crippen LogP contribution in [0, 0.1) is 0 Å². The Bertz CT molecular complexity index is 605. The van der Waals surface area contributed by atoms with E-state index in [0.29, 0.717) is 0 Å². The molecule has 0 unspecified atom stereocenters. The Hall–Kier alpha value is -1.61. The van der Waals surface area contributed by atoms with Crippen LogP contribution in [0.25, 0.3) is 0 Å². The van der Waals surface area contributed by atoms with Crippen LogP contribution in [-0.4, -0.2) is 16.3 Å². The molecule has 0 amide bonds. The molecule has 0 fully saturated rings. The third-order valence-electron chi connectivity index (χ3n) is 4.17. The second-order valence-electron chi connectivity index (χ2n) is 6.91. The highest BCUT2D eigenvalue weighted by Gasteiger charge is 2.27. The van der Waals surface area contributed by atoms with Gasteiger partial charge in [-0.25, -0.2) is 0 Å². The zero-order chi connectivity index (χ0) is 14.9. The van der Waals surface area contributed by atoms with E-state index in [2.05, 4.69) is 61.1 Å². The average molecular weight is 283 g/mol. The lowest BCUT2D eigenvalue weighted by Crippen LogP contribution is -2.26. The van der Waals surface area contributed by atoms with Crippen molar-refractivity contribution in [2.24, 2.45) is 0 Å². The molecule has 0 saturated heterocycles. The monoisotopic (exact) mass is 283 g/mol. The van der Waals surface area contributed by atoms with Crippen molar-refractivity contribution in [3.8, 4) is 0 Å². The van der Waals surface area contributed by atoms with Gasteiger partial charge in [0.15, 0.2) is 0 Å². The van der Waals surface area contributed by atoms with Crippen LogP contribution in [0.5, 0.6) is 0 Å². The summed E-state index contributed by atoms with van der Waals surface area (Å²) in [6, 6.07) is 10.7. The van der Waals surface area contributed by atoms with Gasteiger partial charge in [0.25, 0.3) is 0 Å². The molecule has 0 bridgehead atoms. The minimum atomic E-state index is 0.112. The summed E-state index contributed by atoms with van der Waals surface area (Å²) in [4.78, 5) is 0. The van der Waals surface area contributed by atoms with Crippen LogP contribution < -0.4 is 5.32 Å². The quantitative estimate of drug-likeness (QED) is 0.938. The van der Waals surface area contributed by atoms with Crippen molar-refractivity contribution in [2.45, 2.75) is 52.1 Å². The maximum Gasteiger partial charge on any atom is 0.0725 e. The van der Waals surface area contributed by atoms with Gasteiger partial charge in [0.1, 0.15) is 0 Å². The smallest absolute Gasteiger partial charge is 0.0725 e. The van der Waals surface area contributed by atoms with Crippen molar-refractivity contribution in [3.05, 3.63) is 52.8 Å². The SMILES string of the molecule is CC(C)(C)c1nn(CCc2ccccc2)c2c1CNCC2. The predicted molar refractivity (Wildman–Crippen MR) is 86.5 cm³/mol. The average Bonchev–Trinajstić information content (AvgIpc) is 2.85. The summed E-state index contributed by atoms with van der Waals surface area (Å²) in [6.07, 6.45) is 2.14. The fourth-order valence-corrected chi connectivity index (χ4v) is 3.09. The molecule has 1 aliphatic rings. The number of aryl methyl sites for hydroxylation is 2. The number of aromatic nitrogens is 2. The lowest BCUT2D eigenvalue weighted by Gasteiger charge is -2.20. The minimum Gasteiger partial charge on any atom is -0.312 e. The van der Waals surface area contributed by atoms with Crippen LogP contribution in [0.3, 0.4) is 0 Å². The summed E-state index contributed by atoms with van der Waals surface area (Å²) in [6.45, 7) is 9.77. The van der Waals surface area contributed by atoms with Crippen molar-refractivity contribution in [2.75, 3.05) is 6.54 Å². The molecule has 1 aromatic heterocycles. The number of hydrogen-bond acceptors (Lipinski definition) is 2. The molecular formula is C18H25N3. The van der Waals surface area contributed by atoms with E-state index < -0.39 is 0 Å². The third-order valence-corrected chi connectivity index (χ3v) is 4.17. The minimum absolute atomic E-state index is 0.112. The van der Waals surface area contributed by atoms with Gasteiger partial charge in [-0.2, -0.15) is 5.10 Å². The normalized spacial score (nSPS) is 15.0. The molecule has 0 atom stereocenters. The van der Waals surface area contributed by atoms with E-state index in [4.69, 9.17) is 5.10 Å². The van der Waals surface area contributed by atoms with Gasteiger partial charge in [-0.05, 0) is 12.0 Å². The molecule has 1 aliphatic heterocycles. The van der Waals surface area contributed by atoms with Crippen LogP contribution in [0.15, 0.2) is 30.3 Å². The molecule has 3 rings (SSSR count). The lowest BCUT2D eigenvalue weighted by atomic mass is 9.88.